The Balaban J connectivity index is 0.988. The van der Waals surface area contributed by atoms with Crippen LogP contribution in [-0.4, -0.2) is 4.57 Å². The van der Waals surface area contributed by atoms with Crippen molar-refractivity contribution in [2.75, 3.05) is 4.90 Å². The van der Waals surface area contributed by atoms with Crippen LogP contribution in [0.2, 0.25) is 0 Å². The van der Waals surface area contributed by atoms with E-state index in [9.17, 15) is 0 Å². The lowest BCUT2D eigenvalue weighted by molar-refractivity contribution is 0.767. The molecular weight excluding hydrogens is 809 g/mol. The van der Waals surface area contributed by atoms with E-state index in [0.29, 0.717) is 0 Å². The molecule has 0 aliphatic heterocycles. The lowest BCUT2D eigenvalue weighted by atomic mass is 9.67. The van der Waals surface area contributed by atoms with Gasteiger partial charge in [-0.2, -0.15) is 0 Å². The van der Waals surface area contributed by atoms with Gasteiger partial charge in [0.25, 0.3) is 0 Å². The molecule has 67 heavy (non-hydrogen) atoms. The van der Waals surface area contributed by atoms with Crippen LogP contribution >= 0.6 is 0 Å². The summed E-state index contributed by atoms with van der Waals surface area (Å²) in [5.41, 5.74) is 18.8. The Morgan fingerprint density at radius 3 is 1.58 bits per heavy atom. The highest BCUT2D eigenvalue weighted by molar-refractivity contribution is 6.21. The minimum Gasteiger partial charge on any atom is -0.310 e. The van der Waals surface area contributed by atoms with Crippen LogP contribution < -0.4 is 4.90 Å². The van der Waals surface area contributed by atoms with Crippen molar-refractivity contribution in [1.82, 2.24) is 4.57 Å². The number of rotatable bonds is 8. The Kier molecular flexibility index (Phi) is 9.11. The summed E-state index contributed by atoms with van der Waals surface area (Å²) in [5.74, 6) is 0. The molecule has 0 radical (unpaired) electrons. The molecule has 0 spiro atoms. The summed E-state index contributed by atoms with van der Waals surface area (Å²) in [6.07, 6.45) is 0. The lowest BCUT2D eigenvalue weighted by Crippen LogP contribution is -2.28. The molecule has 13 rings (SSSR count). The van der Waals surface area contributed by atoms with E-state index in [-0.39, 0.29) is 0 Å². The molecule has 11 aromatic carbocycles. The molecule has 0 fully saturated rings. The maximum absolute atomic E-state index is 2.51. The maximum atomic E-state index is 2.51. The van der Waals surface area contributed by atoms with Gasteiger partial charge in [-0.05, 0) is 115 Å². The van der Waals surface area contributed by atoms with E-state index in [1.807, 2.05) is 0 Å². The monoisotopic (exact) mass is 852 g/mol. The van der Waals surface area contributed by atoms with Gasteiger partial charge in [0.2, 0.25) is 0 Å². The highest BCUT2D eigenvalue weighted by Gasteiger charge is 2.46. The van der Waals surface area contributed by atoms with Gasteiger partial charge >= 0.3 is 0 Å². The number of hydrogen-bond donors (Lipinski definition) is 0. The van der Waals surface area contributed by atoms with E-state index in [1.54, 1.807) is 0 Å². The van der Waals surface area contributed by atoms with Crippen LogP contribution in [0.1, 0.15) is 22.3 Å². The first-order valence-electron chi connectivity index (χ1n) is 23.2. The molecule has 0 saturated heterocycles. The Morgan fingerprint density at radius 2 is 0.881 bits per heavy atom. The second kappa shape index (κ2) is 15.8. The first kappa shape index (κ1) is 38.7. The van der Waals surface area contributed by atoms with Crippen LogP contribution in [0.15, 0.2) is 267 Å². The van der Waals surface area contributed by atoms with Crippen molar-refractivity contribution in [3.05, 3.63) is 289 Å². The number of benzene rings is 11. The number of fused-ring (bicyclic) bond motifs is 8. The molecule has 0 unspecified atom stereocenters. The smallest absolute Gasteiger partial charge is 0.0714 e. The van der Waals surface area contributed by atoms with Crippen LogP contribution in [0.4, 0.5) is 17.1 Å². The van der Waals surface area contributed by atoms with Crippen molar-refractivity contribution in [1.29, 1.82) is 0 Å². The summed E-state index contributed by atoms with van der Waals surface area (Å²) in [7, 11) is 0. The average Bonchev–Trinajstić information content (AvgIpc) is 3.90. The molecular formula is C65H44N2. The Bertz CT molecular complexity index is 3700. The number of anilines is 3. The number of hydrogen-bond acceptors (Lipinski definition) is 1. The zero-order valence-corrected chi connectivity index (χ0v) is 36.8. The van der Waals surface area contributed by atoms with Gasteiger partial charge in [0.1, 0.15) is 0 Å². The predicted molar refractivity (Wildman–Crippen MR) is 281 cm³/mol. The van der Waals surface area contributed by atoms with Crippen molar-refractivity contribution in [2.45, 2.75) is 5.41 Å². The molecule has 1 aliphatic carbocycles. The average molecular weight is 853 g/mol. The SMILES string of the molecule is c1ccc(N(c2ccccc2)c2ccccc2-c2ccc(-c3ccc4c5c6ccccc6ccc5n(-c5ccc6c(c5)C(c5ccccc5)(c5ccccc5)c5ccccc5-6)c4c3)cc2)cc1. The molecule has 1 heterocycles. The molecule has 314 valence electrons. The highest BCUT2D eigenvalue weighted by atomic mass is 15.1. The topological polar surface area (TPSA) is 8.17 Å². The van der Waals surface area contributed by atoms with Gasteiger partial charge in [-0.1, -0.05) is 212 Å². The van der Waals surface area contributed by atoms with E-state index in [1.165, 1.54) is 82.6 Å². The maximum Gasteiger partial charge on any atom is 0.0714 e. The molecule has 0 atom stereocenters. The third-order valence-corrected chi connectivity index (χ3v) is 14.1. The van der Waals surface area contributed by atoms with Crippen molar-refractivity contribution >= 4 is 49.6 Å². The Hall–Kier alpha value is -8.72. The molecule has 2 nitrogen and oxygen atoms in total. The fraction of sp³-hybridized carbons (Fsp3) is 0.0154. The number of aromatic nitrogens is 1. The zero-order valence-electron chi connectivity index (χ0n) is 36.8. The fourth-order valence-corrected chi connectivity index (χ4v) is 11.2. The van der Waals surface area contributed by atoms with Gasteiger partial charge < -0.3 is 9.47 Å². The quantitative estimate of drug-likeness (QED) is 0.148. The van der Waals surface area contributed by atoms with Crippen molar-refractivity contribution < 1.29 is 0 Å². The molecule has 12 aromatic rings. The zero-order chi connectivity index (χ0) is 44.3. The van der Waals surface area contributed by atoms with Gasteiger partial charge in [-0.15, -0.1) is 0 Å². The van der Waals surface area contributed by atoms with Crippen LogP contribution in [0.5, 0.6) is 0 Å². The van der Waals surface area contributed by atoms with Crippen LogP contribution in [0, 0.1) is 0 Å². The van der Waals surface area contributed by atoms with E-state index in [0.717, 1.165) is 28.3 Å². The molecule has 0 saturated carbocycles. The standard InChI is InChI=1S/C65H44N2/c1-5-20-49(21-6-1)65(50-22-7-2-8-23-50)59-31-17-15-30-56(59)57-41-39-53(44-60(57)65)67-62-42-38-46-19-13-14-29-55(46)64(62)58-40-37-48(43-63(58)67)45-33-35-47(36-34-45)54-28-16-18-32-61(54)66(51-24-9-3-10-25-51)52-26-11-4-12-27-52/h1-44H. The molecule has 0 amide bonds. The minimum absolute atomic E-state index is 0.499. The second-order valence-corrected chi connectivity index (χ2v) is 17.6. The van der Waals surface area contributed by atoms with Gasteiger partial charge in [0, 0.05) is 33.4 Å². The third-order valence-electron chi connectivity index (χ3n) is 14.1. The van der Waals surface area contributed by atoms with Crippen LogP contribution in [-0.2, 0) is 5.41 Å². The summed E-state index contributed by atoms with van der Waals surface area (Å²) >= 11 is 0. The van der Waals surface area contributed by atoms with Crippen molar-refractivity contribution in [2.24, 2.45) is 0 Å². The molecule has 1 aromatic heterocycles. The summed E-state index contributed by atoms with van der Waals surface area (Å²) in [6.45, 7) is 0. The number of nitrogens with zero attached hydrogens (tertiary/aromatic N) is 2. The third kappa shape index (κ3) is 6.11. The first-order chi connectivity index (χ1) is 33.3. The largest absolute Gasteiger partial charge is 0.310 e. The van der Waals surface area contributed by atoms with E-state index in [2.05, 4.69) is 276 Å². The molecule has 0 bridgehead atoms. The predicted octanol–water partition coefficient (Wildman–Crippen LogP) is 17.1. The summed E-state index contributed by atoms with van der Waals surface area (Å²) in [6, 6.07) is 98.0. The lowest BCUT2D eigenvalue weighted by Gasteiger charge is -2.34. The van der Waals surface area contributed by atoms with Gasteiger partial charge in [0.05, 0.1) is 22.1 Å². The summed E-state index contributed by atoms with van der Waals surface area (Å²) < 4.78 is 2.51. The summed E-state index contributed by atoms with van der Waals surface area (Å²) in [5, 5.41) is 5.01. The van der Waals surface area contributed by atoms with E-state index < -0.39 is 5.41 Å². The molecule has 2 heteroatoms. The van der Waals surface area contributed by atoms with E-state index >= 15 is 0 Å². The fourth-order valence-electron chi connectivity index (χ4n) is 11.2. The first-order valence-corrected chi connectivity index (χ1v) is 23.2. The van der Waals surface area contributed by atoms with Crippen LogP contribution in [0.25, 0.3) is 71.6 Å². The second-order valence-electron chi connectivity index (χ2n) is 17.6. The summed E-state index contributed by atoms with van der Waals surface area (Å²) in [4.78, 5) is 2.35. The van der Waals surface area contributed by atoms with Crippen LogP contribution in [0.3, 0.4) is 0 Å². The number of para-hydroxylation sites is 3. The molecule has 1 aliphatic rings. The van der Waals surface area contributed by atoms with E-state index in [4.69, 9.17) is 0 Å². The Labute approximate surface area is 390 Å². The van der Waals surface area contributed by atoms with Gasteiger partial charge in [-0.3, -0.25) is 0 Å². The minimum atomic E-state index is -0.499. The highest BCUT2D eigenvalue weighted by Crippen LogP contribution is 2.57. The van der Waals surface area contributed by atoms with Gasteiger partial charge in [-0.25, -0.2) is 0 Å². The van der Waals surface area contributed by atoms with Crippen molar-refractivity contribution in [3.8, 4) is 39.1 Å². The van der Waals surface area contributed by atoms with Crippen molar-refractivity contribution in [3.63, 3.8) is 0 Å². The Morgan fingerprint density at radius 1 is 0.328 bits per heavy atom. The van der Waals surface area contributed by atoms with Gasteiger partial charge in [0.15, 0.2) is 0 Å². The molecule has 0 N–H and O–H groups in total. The normalized spacial score (nSPS) is 12.6.